The van der Waals surface area contributed by atoms with Crippen LogP contribution in [0.25, 0.3) is 0 Å². The van der Waals surface area contributed by atoms with E-state index in [1.165, 1.54) is 33.9 Å². The fraction of sp³-hybridized carbons (Fsp3) is 0.412. The zero-order chi connectivity index (χ0) is 14.9. The molecule has 0 saturated heterocycles. The largest absolute Gasteiger partial charge is 0.381 e. The number of rotatable bonds is 4. The number of benzene rings is 1. The maximum absolute atomic E-state index is 3.54. The average Bonchev–Trinajstić information content (AvgIpc) is 2.64. The summed E-state index contributed by atoms with van der Waals surface area (Å²) in [6, 6.07) is 8.78. The Balaban J connectivity index is 2.13. The minimum Gasteiger partial charge on any atom is -0.381 e. The van der Waals surface area contributed by atoms with Gasteiger partial charge in [-0.05, 0) is 56.2 Å². The maximum Gasteiger partial charge on any atom is 0.0418 e. The van der Waals surface area contributed by atoms with Gasteiger partial charge in [0.1, 0.15) is 0 Å². The number of aryl methyl sites for hydroxylation is 2. The molecule has 0 amide bonds. The van der Waals surface area contributed by atoms with Crippen LogP contribution in [0.2, 0.25) is 0 Å². The van der Waals surface area contributed by atoms with Gasteiger partial charge in [0.05, 0.1) is 0 Å². The zero-order valence-corrected chi connectivity index (χ0v) is 13.4. The number of anilines is 2. The monoisotopic (exact) mass is 271 g/mol. The first-order chi connectivity index (χ1) is 9.40. The smallest absolute Gasteiger partial charge is 0.0418 e. The van der Waals surface area contributed by atoms with E-state index < -0.39 is 0 Å². The minimum absolute atomic E-state index is 0.871. The van der Waals surface area contributed by atoms with E-state index in [-0.39, 0.29) is 0 Å². The summed E-state index contributed by atoms with van der Waals surface area (Å²) in [5.41, 5.74) is 7.72. The molecule has 1 aromatic heterocycles. The van der Waals surface area contributed by atoms with E-state index >= 15 is 0 Å². The highest BCUT2D eigenvalue weighted by Crippen LogP contribution is 2.22. The lowest BCUT2D eigenvalue weighted by Crippen LogP contribution is -2.09. The summed E-state index contributed by atoms with van der Waals surface area (Å²) in [4.78, 5) is 2.13. The molecule has 0 spiro atoms. The van der Waals surface area contributed by atoms with Crippen LogP contribution >= 0.6 is 0 Å². The highest BCUT2D eigenvalue weighted by molar-refractivity contribution is 5.60. The van der Waals surface area contributed by atoms with Gasteiger partial charge in [0.2, 0.25) is 0 Å². The van der Waals surface area contributed by atoms with Crippen molar-refractivity contribution in [3.63, 3.8) is 0 Å². The molecule has 2 aromatic rings. The van der Waals surface area contributed by atoms with Crippen molar-refractivity contribution in [2.45, 2.75) is 27.3 Å². The molecule has 0 fully saturated rings. The van der Waals surface area contributed by atoms with Gasteiger partial charge in [-0.3, -0.25) is 0 Å². The predicted molar refractivity (Wildman–Crippen MR) is 87.7 cm³/mol. The predicted octanol–water partition coefficient (Wildman–Crippen LogP) is 3.63. The molecule has 0 aliphatic carbocycles. The van der Waals surface area contributed by atoms with Crippen LogP contribution in [-0.4, -0.2) is 18.7 Å². The molecule has 1 heterocycles. The molecular formula is C17H25N3. The second kappa shape index (κ2) is 5.61. The van der Waals surface area contributed by atoms with Crippen molar-refractivity contribution in [3.8, 4) is 0 Å². The van der Waals surface area contributed by atoms with E-state index in [0.717, 1.165) is 6.54 Å². The van der Waals surface area contributed by atoms with Gasteiger partial charge in [0.25, 0.3) is 0 Å². The van der Waals surface area contributed by atoms with Gasteiger partial charge in [-0.25, -0.2) is 0 Å². The number of nitrogens with one attached hydrogen (secondary N) is 1. The number of hydrogen-bond donors (Lipinski definition) is 1. The van der Waals surface area contributed by atoms with Crippen LogP contribution in [0.4, 0.5) is 11.4 Å². The molecule has 0 atom stereocenters. The highest BCUT2D eigenvalue weighted by atomic mass is 15.1. The van der Waals surface area contributed by atoms with Crippen LogP contribution in [0.15, 0.2) is 24.3 Å². The summed E-state index contributed by atoms with van der Waals surface area (Å²) >= 11 is 0. The number of nitrogens with zero attached hydrogens (tertiary/aromatic N) is 2. The third-order valence-corrected chi connectivity index (χ3v) is 4.08. The van der Waals surface area contributed by atoms with E-state index in [1.807, 2.05) is 0 Å². The summed E-state index contributed by atoms with van der Waals surface area (Å²) in [5, 5.41) is 3.54. The second-order valence-corrected chi connectivity index (χ2v) is 5.70. The lowest BCUT2D eigenvalue weighted by atomic mass is 10.1. The Morgan fingerprint density at radius 1 is 1.10 bits per heavy atom. The van der Waals surface area contributed by atoms with Gasteiger partial charge in [0.15, 0.2) is 0 Å². The first-order valence-corrected chi connectivity index (χ1v) is 7.03. The Labute approximate surface area is 122 Å². The van der Waals surface area contributed by atoms with E-state index in [2.05, 4.69) is 81.0 Å². The van der Waals surface area contributed by atoms with Gasteiger partial charge in [-0.2, -0.15) is 0 Å². The van der Waals surface area contributed by atoms with Gasteiger partial charge in [-0.1, -0.05) is 0 Å². The minimum atomic E-state index is 0.871. The molecule has 1 aromatic carbocycles. The molecule has 0 aliphatic heterocycles. The van der Waals surface area contributed by atoms with Gasteiger partial charge in [-0.15, -0.1) is 0 Å². The van der Waals surface area contributed by atoms with Gasteiger partial charge >= 0.3 is 0 Å². The lowest BCUT2D eigenvalue weighted by Gasteiger charge is -2.16. The molecule has 0 radical (unpaired) electrons. The fourth-order valence-corrected chi connectivity index (χ4v) is 2.43. The van der Waals surface area contributed by atoms with Crippen molar-refractivity contribution >= 4 is 11.4 Å². The Hall–Kier alpha value is -1.90. The van der Waals surface area contributed by atoms with Crippen LogP contribution in [-0.2, 0) is 13.6 Å². The first-order valence-electron chi connectivity index (χ1n) is 7.03. The van der Waals surface area contributed by atoms with Crippen LogP contribution in [0.1, 0.15) is 22.5 Å². The molecule has 0 aliphatic rings. The first kappa shape index (κ1) is 14.5. The Bertz CT molecular complexity index is 609. The maximum atomic E-state index is 3.54. The van der Waals surface area contributed by atoms with Crippen LogP contribution in [0.3, 0.4) is 0 Å². The Morgan fingerprint density at radius 2 is 1.80 bits per heavy atom. The van der Waals surface area contributed by atoms with Crippen molar-refractivity contribution in [3.05, 3.63) is 46.8 Å². The third-order valence-electron chi connectivity index (χ3n) is 4.08. The average molecular weight is 271 g/mol. The summed E-state index contributed by atoms with van der Waals surface area (Å²) < 4.78 is 2.24. The van der Waals surface area contributed by atoms with Crippen molar-refractivity contribution < 1.29 is 0 Å². The Kier molecular flexibility index (Phi) is 4.07. The lowest BCUT2D eigenvalue weighted by molar-refractivity contribution is 0.837. The summed E-state index contributed by atoms with van der Waals surface area (Å²) in [7, 11) is 6.25. The molecule has 2 rings (SSSR count). The van der Waals surface area contributed by atoms with E-state index in [0.29, 0.717) is 0 Å². The SMILES string of the molecule is Cc1cc(N(C)C)ccc1NCc1cc(C)n(C)c1C. The van der Waals surface area contributed by atoms with Crippen LogP contribution < -0.4 is 10.2 Å². The normalized spacial score (nSPS) is 10.7. The van der Waals surface area contributed by atoms with E-state index in [1.54, 1.807) is 0 Å². The van der Waals surface area contributed by atoms with Crippen LogP contribution in [0.5, 0.6) is 0 Å². The molecule has 0 unspecified atom stereocenters. The highest BCUT2D eigenvalue weighted by Gasteiger charge is 2.07. The number of hydrogen-bond acceptors (Lipinski definition) is 2. The van der Waals surface area contributed by atoms with Gasteiger partial charge < -0.3 is 14.8 Å². The summed E-state index contributed by atoms with van der Waals surface area (Å²) in [6.45, 7) is 7.34. The molecule has 3 heteroatoms. The quantitative estimate of drug-likeness (QED) is 0.916. The van der Waals surface area contributed by atoms with Crippen molar-refractivity contribution in [1.29, 1.82) is 0 Å². The summed E-state index contributed by atoms with van der Waals surface area (Å²) in [5.74, 6) is 0. The van der Waals surface area contributed by atoms with Crippen molar-refractivity contribution in [1.82, 2.24) is 4.57 Å². The molecule has 108 valence electrons. The van der Waals surface area contributed by atoms with E-state index in [9.17, 15) is 0 Å². The summed E-state index contributed by atoms with van der Waals surface area (Å²) in [6.07, 6.45) is 0. The van der Waals surface area contributed by atoms with Crippen LogP contribution in [0, 0.1) is 20.8 Å². The third kappa shape index (κ3) is 2.82. The Morgan fingerprint density at radius 3 is 2.30 bits per heavy atom. The molecule has 1 N–H and O–H groups in total. The van der Waals surface area contributed by atoms with E-state index in [4.69, 9.17) is 0 Å². The fourth-order valence-electron chi connectivity index (χ4n) is 2.43. The van der Waals surface area contributed by atoms with Crippen molar-refractivity contribution in [2.75, 3.05) is 24.3 Å². The molecule has 0 bridgehead atoms. The topological polar surface area (TPSA) is 20.2 Å². The molecule has 20 heavy (non-hydrogen) atoms. The molecule has 3 nitrogen and oxygen atoms in total. The van der Waals surface area contributed by atoms with Gasteiger partial charge in [0, 0.05) is 50.5 Å². The standard InChI is InChI=1S/C17H25N3/c1-12-9-16(19(4)5)7-8-17(12)18-11-15-10-13(2)20(6)14(15)3/h7-10,18H,11H2,1-6H3. The molecular weight excluding hydrogens is 246 g/mol. The van der Waals surface area contributed by atoms with Crippen molar-refractivity contribution in [2.24, 2.45) is 7.05 Å². The second-order valence-electron chi connectivity index (χ2n) is 5.70. The zero-order valence-electron chi connectivity index (χ0n) is 13.4. The molecule has 0 saturated carbocycles. The number of aromatic nitrogens is 1.